The molecule has 0 bridgehead atoms. The molecule has 0 heterocycles. The number of carbonyl (C=O) groups excluding carboxylic acids is 2. The molecule has 1 aliphatic carbocycles. The lowest BCUT2D eigenvalue weighted by molar-refractivity contribution is -0.129. The Kier molecular flexibility index (Phi) is 4.42. The van der Waals surface area contributed by atoms with Crippen molar-refractivity contribution in [2.45, 2.75) is 38.6 Å². The predicted octanol–water partition coefficient (Wildman–Crippen LogP) is 1.81. The van der Waals surface area contributed by atoms with Crippen LogP contribution in [0, 0.1) is 11.8 Å². The molecule has 3 N–H and O–H groups in total. The molecule has 1 aromatic carbocycles. The number of rotatable bonds is 6. The Bertz CT molecular complexity index is 487. The molecule has 0 aliphatic heterocycles. The van der Waals surface area contributed by atoms with Crippen molar-refractivity contribution in [2.24, 2.45) is 17.6 Å². The predicted molar refractivity (Wildman–Crippen MR) is 77.9 cm³/mol. The highest BCUT2D eigenvalue weighted by Gasteiger charge is 2.44. The zero-order chi connectivity index (χ0) is 14.7. The highest BCUT2D eigenvalue weighted by atomic mass is 16.2. The van der Waals surface area contributed by atoms with Crippen LogP contribution in [0.3, 0.4) is 0 Å². The van der Waals surface area contributed by atoms with Gasteiger partial charge in [-0.2, -0.15) is 0 Å². The van der Waals surface area contributed by atoms with E-state index in [0.717, 1.165) is 12.8 Å². The largest absolute Gasteiger partial charge is 0.368 e. The summed E-state index contributed by atoms with van der Waals surface area (Å²) in [5.41, 5.74) is 6.56. The molecule has 0 aromatic heterocycles. The SMILES string of the molecule is CCC(C)[C@H](NC(=O)C1C[C@@H]1c1ccccc1)C(N)=O. The van der Waals surface area contributed by atoms with Crippen molar-refractivity contribution in [3.05, 3.63) is 35.9 Å². The topological polar surface area (TPSA) is 72.2 Å². The molecule has 108 valence electrons. The first-order chi connectivity index (χ1) is 9.54. The number of benzene rings is 1. The number of hydrogen-bond acceptors (Lipinski definition) is 2. The van der Waals surface area contributed by atoms with E-state index in [1.165, 1.54) is 5.56 Å². The second-order valence-corrected chi connectivity index (χ2v) is 5.63. The van der Waals surface area contributed by atoms with E-state index in [1.807, 2.05) is 44.2 Å². The number of amides is 2. The van der Waals surface area contributed by atoms with Gasteiger partial charge in [-0.25, -0.2) is 0 Å². The van der Waals surface area contributed by atoms with Gasteiger partial charge < -0.3 is 11.1 Å². The van der Waals surface area contributed by atoms with Crippen molar-refractivity contribution in [1.29, 1.82) is 0 Å². The van der Waals surface area contributed by atoms with Gasteiger partial charge in [0, 0.05) is 5.92 Å². The number of nitrogens with two attached hydrogens (primary N) is 1. The molecule has 2 amide bonds. The Morgan fingerprint density at radius 3 is 2.55 bits per heavy atom. The van der Waals surface area contributed by atoms with Crippen LogP contribution in [0.5, 0.6) is 0 Å². The fourth-order valence-corrected chi connectivity index (χ4v) is 2.54. The van der Waals surface area contributed by atoms with Gasteiger partial charge in [-0.3, -0.25) is 9.59 Å². The molecule has 20 heavy (non-hydrogen) atoms. The van der Waals surface area contributed by atoms with Crippen LogP contribution in [-0.2, 0) is 9.59 Å². The summed E-state index contributed by atoms with van der Waals surface area (Å²) in [6.07, 6.45) is 1.66. The van der Waals surface area contributed by atoms with Crippen molar-refractivity contribution in [1.82, 2.24) is 5.32 Å². The molecule has 0 radical (unpaired) electrons. The summed E-state index contributed by atoms with van der Waals surface area (Å²) in [5, 5.41) is 2.82. The lowest BCUT2D eigenvalue weighted by atomic mass is 9.98. The van der Waals surface area contributed by atoms with Gasteiger partial charge in [0.05, 0.1) is 0 Å². The molecule has 1 aliphatic rings. The lowest BCUT2D eigenvalue weighted by Gasteiger charge is -2.21. The van der Waals surface area contributed by atoms with Crippen LogP contribution in [0.15, 0.2) is 30.3 Å². The van der Waals surface area contributed by atoms with Crippen molar-refractivity contribution < 1.29 is 9.59 Å². The van der Waals surface area contributed by atoms with Gasteiger partial charge in [0.15, 0.2) is 0 Å². The van der Waals surface area contributed by atoms with E-state index in [-0.39, 0.29) is 23.7 Å². The van der Waals surface area contributed by atoms with Crippen LogP contribution in [-0.4, -0.2) is 17.9 Å². The number of nitrogens with one attached hydrogen (secondary N) is 1. The Labute approximate surface area is 119 Å². The fourth-order valence-electron chi connectivity index (χ4n) is 2.54. The van der Waals surface area contributed by atoms with Crippen LogP contribution in [0.4, 0.5) is 0 Å². The van der Waals surface area contributed by atoms with Crippen molar-refractivity contribution >= 4 is 11.8 Å². The first-order valence-electron chi connectivity index (χ1n) is 7.19. The zero-order valence-corrected chi connectivity index (χ0v) is 12.0. The van der Waals surface area contributed by atoms with Crippen LogP contribution >= 0.6 is 0 Å². The zero-order valence-electron chi connectivity index (χ0n) is 12.0. The molecular formula is C16H22N2O2. The van der Waals surface area contributed by atoms with Gasteiger partial charge >= 0.3 is 0 Å². The van der Waals surface area contributed by atoms with E-state index >= 15 is 0 Å². The molecular weight excluding hydrogens is 252 g/mol. The molecule has 2 rings (SSSR count). The summed E-state index contributed by atoms with van der Waals surface area (Å²) in [7, 11) is 0. The Balaban J connectivity index is 1.95. The summed E-state index contributed by atoms with van der Waals surface area (Å²) < 4.78 is 0. The van der Waals surface area contributed by atoms with E-state index < -0.39 is 11.9 Å². The minimum Gasteiger partial charge on any atom is -0.368 e. The Morgan fingerprint density at radius 2 is 2.00 bits per heavy atom. The number of hydrogen-bond donors (Lipinski definition) is 2. The minimum atomic E-state index is -0.565. The van der Waals surface area contributed by atoms with Crippen LogP contribution in [0.1, 0.15) is 38.2 Å². The lowest BCUT2D eigenvalue weighted by Crippen LogP contribution is -2.48. The molecule has 4 nitrogen and oxygen atoms in total. The maximum atomic E-state index is 12.2. The summed E-state index contributed by atoms with van der Waals surface area (Å²) in [5.74, 6) is -0.192. The van der Waals surface area contributed by atoms with Crippen molar-refractivity contribution in [3.8, 4) is 0 Å². The normalized spacial score (nSPS) is 23.7. The summed E-state index contributed by atoms with van der Waals surface area (Å²) in [6, 6.07) is 9.44. The molecule has 1 saturated carbocycles. The third-order valence-electron chi connectivity index (χ3n) is 4.17. The quantitative estimate of drug-likeness (QED) is 0.830. The van der Waals surface area contributed by atoms with Crippen molar-refractivity contribution in [2.75, 3.05) is 0 Å². The average Bonchev–Trinajstić information content (AvgIpc) is 3.25. The Hall–Kier alpha value is -1.84. The molecule has 1 aromatic rings. The highest BCUT2D eigenvalue weighted by Crippen LogP contribution is 2.47. The second kappa shape index (κ2) is 6.07. The van der Waals surface area contributed by atoms with Gasteiger partial charge in [-0.05, 0) is 23.8 Å². The first-order valence-corrected chi connectivity index (χ1v) is 7.19. The highest BCUT2D eigenvalue weighted by molar-refractivity contribution is 5.89. The molecule has 2 unspecified atom stereocenters. The van der Waals surface area contributed by atoms with Crippen LogP contribution < -0.4 is 11.1 Å². The van der Waals surface area contributed by atoms with E-state index in [2.05, 4.69) is 5.32 Å². The molecule has 0 spiro atoms. The summed E-state index contributed by atoms with van der Waals surface area (Å²) in [6.45, 7) is 3.91. The third-order valence-corrected chi connectivity index (χ3v) is 4.17. The molecule has 1 fully saturated rings. The van der Waals surface area contributed by atoms with Gasteiger partial charge in [0.2, 0.25) is 11.8 Å². The molecule has 0 saturated heterocycles. The maximum Gasteiger partial charge on any atom is 0.240 e. The van der Waals surface area contributed by atoms with Gasteiger partial charge in [-0.1, -0.05) is 50.6 Å². The van der Waals surface area contributed by atoms with Gasteiger partial charge in [-0.15, -0.1) is 0 Å². The van der Waals surface area contributed by atoms with E-state index in [1.54, 1.807) is 0 Å². The standard InChI is InChI=1S/C16H22N2O2/c1-3-10(2)14(15(17)19)18-16(20)13-9-12(13)11-7-5-4-6-8-11/h4-8,10,12-14H,3,9H2,1-2H3,(H2,17,19)(H,18,20)/t10?,12-,13?,14+/m1/s1. The number of carbonyl (C=O) groups is 2. The first kappa shape index (κ1) is 14.6. The van der Waals surface area contributed by atoms with Crippen LogP contribution in [0.2, 0.25) is 0 Å². The van der Waals surface area contributed by atoms with Crippen LogP contribution in [0.25, 0.3) is 0 Å². The van der Waals surface area contributed by atoms with E-state index in [4.69, 9.17) is 5.73 Å². The molecule has 4 heteroatoms. The second-order valence-electron chi connectivity index (χ2n) is 5.63. The fraction of sp³-hybridized carbons (Fsp3) is 0.500. The smallest absolute Gasteiger partial charge is 0.240 e. The molecule has 4 atom stereocenters. The maximum absolute atomic E-state index is 12.2. The number of primary amides is 1. The summed E-state index contributed by atoms with van der Waals surface area (Å²) in [4.78, 5) is 23.6. The third kappa shape index (κ3) is 3.18. The van der Waals surface area contributed by atoms with E-state index in [0.29, 0.717) is 0 Å². The monoisotopic (exact) mass is 274 g/mol. The Morgan fingerprint density at radius 1 is 1.35 bits per heavy atom. The van der Waals surface area contributed by atoms with Gasteiger partial charge in [0.25, 0.3) is 0 Å². The van der Waals surface area contributed by atoms with Gasteiger partial charge in [0.1, 0.15) is 6.04 Å². The summed E-state index contributed by atoms with van der Waals surface area (Å²) >= 11 is 0. The minimum absolute atomic E-state index is 0.0247. The van der Waals surface area contributed by atoms with E-state index in [9.17, 15) is 9.59 Å². The van der Waals surface area contributed by atoms with Crippen molar-refractivity contribution in [3.63, 3.8) is 0 Å². The average molecular weight is 274 g/mol.